The first kappa shape index (κ1) is 13.2. The van der Waals surface area contributed by atoms with Crippen molar-refractivity contribution in [2.24, 2.45) is 0 Å². The smallest absolute Gasteiger partial charge is 0.372 e. The minimum absolute atomic E-state index is 0.0118. The summed E-state index contributed by atoms with van der Waals surface area (Å²) in [6.45, 7) is -0.0118. The summed E-state index contributed by atoms with van der Waals surface area (Å²) in [6, 6.07) is 12.7. The van der Waals surface area contributed by atoms with E-state index in [9.17, 15) is 14.3 Å². The molecule has 106 valence electrons. The van der Waals surface area contributed by atoms with Gasteiger partial charge in [0.1, 0.15) is 23.8 Å². The van der Waals surface area contributed by atoms with Crippen LogP contribution in [-0.2, 0) is 6.61 Å². The fourth-order valence-corrected chi connectivity index (χ4v) is 2.13. The maximum absolute atomic E-state index is 13.1. The predicted molar refractivity (Wildman–Crippen MR) is 73.9 cm³/mol. The number of aromatic carboxylic acids is 1. The monoisotopic (exact) mass is 286 g/mol. The number of fused-ring (bicyclic) bond motifs is 1. The topological polar surface area (TPSA) is 59.7 Å². The summed E-state index contributed by atoms with van der Waals surface area (Å²) in [5.74, 6) is -1.41. The standard InChI is InChI=1S/C16H11FO4/c17-10-4-3-5-11(8-10)20-9-13-12-6-1-2-7-14(12)21-15(13)16(18)19/h1-8H,9H2,(H,18,19). The maximum Gasteiger partial charge on any atom is 0.372 e. The van der Waals surface area contributed by atoms with Gasteiger partial charge in [0, 0.05) is 11.5 Å². The van der Waals surface area contributed by atoms with Crippen molar-refractivity contribution in [1.82, 2.24) is 0 Å². The summed E-state index contributed by atoms with van der Waals surface area (Å²) in [6.07, 6.45) is 0. The highest BCUT2D eigenvalue weighted by Crippen LogP contribution is 2.27. The first-order valence-corrected chi connectivity index (χ1v) is 6.27. The molecule has 5 heteroatoms. The molecule has 0 aliphatic heterocycles. The molecule has 0 unspecified atom stereocenters. The lowest BCUT2D eigenvalue weighted by molar-refractivity contribution is 0.0661. The van der Waals surface area contributed by atoms with Gasteiger partial charge in [-0.1, -0.05) is 24.3 Å². The van der Waals surface area contributed by atoms with Crippen LogP contribution in [-0.4, -0.2) is 11.1 Å². The Hall–Kier alpha value is -2.82. The number of hydrogen-bond donors (Lipinski definition) is 1. The van der Waals surface area contributed by atoms with Crippen LogP contribution in [0.15, 0.2) is 52.9 Å². The lowest BCUT2D eigenvalue weighted by atomic mass is 10.1. The van der Waals surface area contributed by atoms with E-state index >= 15 is 0 Å². The number of carboxylic acids is 1. The van der Waals surface area contributed by atoms with Gasteiger partial charge in [-0.05, 0) is 18.2 Å². The number of hydrogen-bond acceptors (Lipinski definition) is 3. The second kappa shape index (κ2) is 5.28. The van der Waals surface area contributed by atoms with Crippen LogP contribution in [0.25, 0.3) is 11.0 Å². The van der Waals surface area contributed by atoms with Crippen LogP contribution in [0.5, 0.6) is 5.75 Å². The van der Waals surface area contributed by atoms with E-state index in [0.717, 1.165) is 0 Å². The van der Waals surface area contributed by atoms with E-state index in [1.807, 2.05) is 0 Å². The molecular formula is C16H11FO4. The molecular weight excluding hydrogens is 275 g/mol. The van der Waals surface area contributed by atoms with Gasteiger partial charge in [-0.15, -0.1) is 0 Å². The van der Waals surface area contributed by atoms with Gasteiger partial charge in [0.05, 0.1) is 5.56 Å². The molecule has 0 aliphatic carbocycles. The number of carbonyl (C=O) groups is 1. The van der Waals surface area contributed by atoms with Gasteiger partial charge in [0.15, 0.2) is 0 Å². The molecule has 1 heterocycles. The Labute approximate surface area is 119 Å². The molecule has 0 fully saturated rings. The van der Waals surface area contributed by atoms with Gasteiger partial charge in [-0.3, -0.25) is 0 Å². The number of rotatable bonds is 4. The molecule has 4 nitrogen and oxygen atoms in total. The van der Waals surface area contributed by atoms with E-state index in [-0.39, 0.29) is 12.4 Å². The van der Waals surface area contributed by atoms with Crippen LogP contribution in [0.3, 0.4) is 0 Å². The van der Waals surface area contributed by atoms with Gasteiger partial charge in [0.2, 0.25) is 5.76 Å². The van der Waals surface area contributed by atoms with Crippen LogP contribution < -0.4 is 4.74 Å². The summed E-state index contributed by atoms with van der Waals surface area (Å²) in [5.41, 5.74) is 0.912. The zero-order chi connectivity index (χ0) is 14.8. The van der Waals surface area contributed by atoms with Crippen molar-refractivity contribution in [3.05, 3.63) is 65.7 Å². The number of carboxylic acid groups (broad SMARTS) is 1. The quantitative estimate of drug-likeness (QED) is 0.791. The van der Waals surface area contributed by atoms with Gasteiger partial charge < -0.3 is 14.3 Å². The Morgan fingerprint density at radius 3 is 2.76 bits per heavy atom. The molecule has 0 bridgehead atoms. The minimum Gasteiger partial charge on any atom is -0.489 e. The normalized spacial score (nSPS) is 10.7. The molecule has 3 aromatic rings. The Kier molecular flexibility index (Phi) is 3.31. The van der Waals surface area contributed by atoms with Crippen molar-refractivity contribution in [3.63, 3.8) is 0 Å². The lowest BCUT2D eigenvalue weighted by Gasteiger charge is -2.05. The number of ether oxygens (including phenoxy) is 1. The lowest BCUT2D eigenvalue weighted by Crippen LogP contribution is -2.03. The molecule has 0 spiro atoms. The summed E-state index contributed by atoms with van der Waals surface area (Å²) < 4.78 is 23.9. The Bertz CT molecular complexity index is 807. The van der Waals surface area contributed by atoms with Crippen molar-refractivity contribution in [3.8, 4) is 5.75 Å². The van der Waals surface area contributed by atoms with Crippen molar-refractivity contribution in [2.45, 2.75) is 6.61 Å². The number of benzene rings is 2. The third kappa shape index (κ3) is 2.58. The largest absolute Gasteiger partial charge is 0.489 e. The van der Waals surface area contributed by atoms with Crippen LogP contribution >= 0.6 is 0 Å². The number of halogens is 1. The van der Waals surface area contributed by atoms with E-state index in [1.165, 1.54) is 18.2 Å². The van der Waals surface area contributed by atoms with Gasteiger partial charge in [-0.25, -0.2) is 9.18 Å². The van der Waals surface area contributed by atoms with Crippen molar-refractivity contribution < 1.29 is 23.4 Å². The van der Waals surface area contributed by atoms with E-state index in [0.29, 0.717) is 22.3 Å². The van der Waals surface area contributed by atoms with Crippen LogP contribution in [0.4, 0.5) is 4.39 Å². The fraction of sp³-hybridized carbons (Fsp3) is 0.0625. The van der Waals surface area contributed by atoms with Gasteiger partial charge >= 0.3 is 5.97 Å². The second-order valence-electron chi connectivity index (χ2n) is 4.46. The second-order valence-corrected chi connectivity index (χ2v) is 4.46. The van der Waals surface area contributed by atoms with Gasteiger partial charge in [0.25, 0.3) is 0 Å². The minimum atomic E-state index is -1.16. The van der Waals surface area contributed by atoms with E-state index in [2.05, 4.69) is 0 Å². The third-order valence-electron chi connectivity index (χ3n) is 3.07. The summed E-state index contributed by atoms with van der Waals surface area (Å²) in [5, 5.41) is 9.87. The van der Waals surface area contributed by atoms with Crippen LogP contribution in [0.2, 0.25) is 0 Å². The van der Waals surface area contributed by atoms with E-state index in [1.54, 1.807) is 30.3 Å². The summed E-state index contributed by atoms with van der Waals surface area (Å²) in [7, 11) is 0. The van der Waals surface area contributed by atoms with Crippen molar-refractivity contribution in [1.29, 1.82) is 0 Å². The highest BCUT2D eigenvalue weighted by Gasteiger charge is 2.20. The fourth-order valence-electron chi connectivity index (χ4n) is 2.13. The Balaban J connectivity index is 1.95. The Morgan fingerprint density at radius 2 is 2.00 bits per heavy atom. The molecule has 0 aliphatic rings. The highest BCUT2D eigenvalue weighted by molar-refractivity contribution is 5.95. The molecule has 3 rings (SSSR count). The van der Waals surface area contributed by atoms with Crippen molar-refractivity contribution >= 4 is 16.9 Å². The average Bonchev–Trinajstić information content (AvgIpc) is 2.84. The first-order chi connectivity index (χ1) is 10.1. The molecule has 1 aromatic heterocycles. The molecule has 0 saturated heterocycles. The molecule has 1 N–H and O–H groups in total. The molecule has 0 saturated carbocycles. The van der Waals surface area contributed by atoms with Crippen LogP contribution in [0, 0.1) is 5.82 Å². The SMILES string of the molecule is O=C(O)c1oc2ccccc2c1COc1cccc(F)c1. The first-order valence-electron chi connectivity index (χ1n) is 6.27. The highest BCUT2D eigenvalue weighted by atomic mass is 19.1. The zero-order valence-corrected chi connectivity index (χ0v) is 10.9. The number of furan rings is 1. The summed E-state index contributed by atoms with van der Waals surface area (Å²) in [4.78, 5) is 11.2. The predicted octanol–water partition coefficient (Wildman–Crippen LogP) is 3.85. The third-order valence-corrected chi connectivity index (χ3v) is 3.07. The molecule has 21 heavy (non-hydrogen) atoms. The maximum atomic E-state index is 13.1. The number of para-hydroxylation sites is 1. The van der Waals surface area contributed by atoms with Crippen LogP contribution in [0.1, 0.15) is 16.1 Å². The molecule has 2 aromatic carbocycles. The molecule has 0 amide bonds. The Morgan fingerprint density at radius 1 is 1.19 bits per heavy atom. The van der Waals surface area contributed by atoms with E-state index < -0.39 is 11.8 Å². The zero-order valence-electron chi connectivity index (χ0n) is 10.9. The van der Waals surface area contributed by atoms with Crippen molar-refractivity contribution in [2.75, 3.05) is 0 Å². The average molecular weight is 286 g/mol. The van der Waals surface area contributed by atoms with E-state index in [4.69, 9.17) is 9.15 Å². The van der Waals surface area contributed by atoms with Gasteiger partial charge in [-0.2, -0.15) is 0 Å². The summed E-state index contributed by atoms with van der Waals surface area (Å²) >= 11 is 0. The molecule has 0 atom stereocenters. The molecule has 0 radical (unpaired) electrons.